The minimum Gasteiger partial charge on any atom is -0.324 e. The van der Waals surface area contributed by atoms with Crippen LogP contribution in [0.5, 0.6) is 0 Å². The lowest BCUT2D eigenvalue weighted by Gasteiger charge is -2.19. The summed E-state index contributed by atoms with van der Waals surface area (Å²) in [5, 5.41) is 3.56. The number of fused-ring (bicyclic) bond motifs is 1. The van der Waals surface area contributed by atoms with E-state index < -0.39 is 0 Å². The van der Waals surface area contributed by atoms with E-state index in [1.807, 2.05) is 0 Å². The number of imidazole rings is 1. The zero-order valence-corrected chi connectivity index (χ0v) is 13.2. The van der Waals surface area contributed by atoms with Gasteiger partial charge in [0.25, 0.3) is 0 Å². The summed E-state index contributed by atoms with van der Waals surface area (Å²) < 4.78 is 2.41. The van der Waals surface area contributed by atoms with Gasteiger partial charge in [0, 0.05) is 19.0 Å². The van der Waals surface area contributed by atoms with Crippen molar-refractivity contribution in [2.24, 2.45) is 5.92 Å². The van der Waals surface area contributed by atoms with Crippen LogP contribution < -0.4 is 5.32 Å². The van der Waals surface area contributed by atoms with Gasteiger partial charge in [-0.1, -0.05) is 32.9 Å². The monoisotopic (exact) mass is 273 g/mol. The lowest BCUT2D eigenvalue weighted by Crippen LogP contribution is -2.27. The van der Waals surface area contributed by atoms with Crippen LogP contribution in [0.4, 0.5) is 0 Å². The Balaban J connectivity index is 2.23. The second kappa shape index (κ2) is 6.89. The molecule has 0 aliphatic carbocycles. The fourth-order valence-corrected chi connectivity index (χ4v) is 2.66. The van der Waals surface area contributed by atoms with Gasteiger partial charge in [0.05, 0.1) is 11.0 Å². The molecule has 0 amide bonds. The first kappa shape index (κ1) is 15.0. The van der Waals surface area contributed by atoms with Crippen LogP contribution in [0.3, 0.4) is 0 Å². The van der Waals surface area contributed by atoms with Crippen molar-refractivity contribution in [1.29, 1.82) is 0 Å². The number of aromatic nitrogens is 2. The summed E-state index contributed by atoms with van der Waals surface area (Å²) in [6.45, 7) is 11.0. The van der Waals surface area contributed by atoms with Crippen molar-refractivity contribution in [3.05, 3.63) is 30.1 Å². The average molecular weight is 273 g/mol. The number of hydrogen-bond donors (Lipinski definition) is 1. The summed E-state index contributed by atoms with van der Waals surface area (Å²) in [6, 6.07) is 8.89. The van der Waals surface area contributed by atoms with Gasteiger partial charge in [-0.2, -0.15) is 0 Å². The molecule has 1 unspecified atom stereocenters. The maximum atomic E-state index is 4.80. The van der Waals surface area contributed by atoms with Crippen LogP contribution in [-0.4, -0.2) is 22.6 Å². The maximum Gasteiger partial charge on any atom is 0.110 e. The van der Waals surface area contributed by atoms with E-state index in [2.05, 4.69) is 61.8 Å². The summed E-state index contributed by atoms with van der Waals surface area (Å²) in [6.07, 6.45) is 2.18. The van der Waals surface area contributed by atoms with Gasteiger partial charge in [-0.05, 0) is 37.9 Å². The van der Waals surface area contributed by atoms with Gasteiger partial charge < -0.3 is 9.88 Å². The summed E-state index contributed by atoms with van der Waals surface area (Å²) >= 11 is 0. The zero-order chi connectivity index (χ0) is 14.5. The van der Waals surface area contributed by atoms with Gasteiger partial charge >= 0.3 is 0 Å². The summed E-state index contributed by atoms with van der Waals surface area (Å²) in [5.74, 6) is 1.91. The van der Waals surface area contributed by atoms with Crippen molar-refractivity contribution in [1.82, 2.24) is 14.9 Å². The first-order valence-corrected chi connectivity index (χ1v) is 7.80. The molecule has 0 aliphatic heterocycles. The fraction of sp³-hybridized carbons (Fsp3) is 0.588. The van der Waals surface area contributed by atoms with Gasteiger partial charge in [0.1, 0.15) is 5.82 Å². The number of benzene rings is 1. The molecule has 1 aromatic heterocycles. The van der Waals surface area contributed by atoms with E-state index in [1.165, 1.54) is 11.3 Å². The number of aryl methyl sites for hydroxylation is 1. The minimum absolute atomic E-state index is 0.433. The fourth-order valence-electron chi connectivity index (χ4n) is 2.66. The molecular formula is C17H27N3. The van der Waals surface area contributed by atoms with E-state index >= 15 is 0 Å². The molecule has 3 heteroatoms. The maximum absolute atomic E-state index is 4.80. The van der Waals surface area contributed by atoms with E-state index in [0.717, 1.165) is 31.4 Å². The molecule has 20 heavy (non-hydrogen) atoms. The van der Waals surface area contributed by atoms with Gasteiger partial charge in [-0.25, -0.2) is 4.98 Å². The zero-order valence-electron chi connectivity index (χ0n) is 13.2. The van der Waals surface area contributed by atoms with Crippen LogP contribution in [0, 0.1) is 5.92 Å². The summed E-state index contributed by atoms with van der Waals surface area (Å²) in [5.41, 5.74) is 2.38. The number of para-hydroxylation sites is 2. The molecular weight excluding hydrogens is 246 g/mol. The molecule has 3 nitrogen and oxygen atoms in total. The first-order chi connectivity index (χ1) is 9.63. The highest BCUT2D eigenvalue weighted by Crippen LogP contribution is 2.21. The van der Waals surface area contributed by atoms with Gasteiger partial charge in [-0.15, -0.1) is 0 Å². The van der Waals surface area contributed by atoms with Crippen LogP contribution in [0.25, 0.3) is 11.0 Å². The standard InChI is InChI=1S/C17H27N3/c1-5-8-17-19-15-9-6-7-10-16(15)20(17)14(4)12-18-11-13(2)3/h6-7,9-10,13-14,18H,5,8,11-12H2,1-4H3. The van der Waals surface area contributed by atoms with E-state index in [1.54, 1.807) is 0 Å². The molecule has 0 radical (unpaired) electrons. The highest BCUT2D eigenvalue weighted by molar-refractivity contribution is 5.76. The van der Waals surface area contributed by atoms with Crippen molar-refractivity contribution < 1.29 is 0 Å². The van der Waals surface area contributed by atoms with Crippen molar-refractivity contribution in [2.75, 3.05) is 13.1 Å². The largest absolute Gasteiger partial charge is 0.324 e. The second-order valence-electron chi connectivity index (χ2n) is 6.04. The van der Waals surface area contributed by atoms with E-state index in [4.69, 9.17) is 4.98 Å². The van der Waals surface area contributed by atoms with E-state index in [0.29, 0.717) is 12.0 Å². The SMILES string of the molecule is CCCc1nc2ccccc2n1C(C)CNCC(C)C. The van der Waals surface area contributed by atoms with Crippen molar-refractivity contribution in [2.45, 2.75) is 46.6 Å². The van der Waals surface area contributed by atoms with Crippen LogP contribution in [-0.2, 0) is 6.42 Å². The van der Waals surface area contributed by atoms with Gasteiger partial charge in [0.2, 0.25) is 0 Å². The number of hydrogen-bond acceptors (Lipinski definition) is 2. The van der Waals surface area contributed by atoms with Gasteiger partial charge in [-0.3, -0.25) is 0 Å². The third-order valence-electron chi connectivity index (χ3n) is 3.58. The van der Waals surface area contributed by atoms with Crippen molar-refractivity contribution >= 4 is 11.0 Å². The lowest BCUT2D eigenvalue weighted by atomic mass is 10.2. The topological polar surface area (TPSA) is 29.9 Å². The molecule has 1 aromatic carbocycles. The smallest absolute Gasteiger partial charge is 0.110 e. The Hall–Kier alpha value is -1.35. The third-order valence-corrected chi connectivity index (χ3v) is 3.58. The first-order valence-electron chi connectivity index (χ1n) is 7.80. The Morgan fingerprint density at radius 3 is 2.60 bits per heavy atom. The van der Waals surface area contributed by atoms with Gasteiger partial charge in [0.15, 0.2) is 0 Å². The molecule has 0 bridgehead atoms. The highest BCUT2D eigenvalue weighted by Gasteiger charge is 2.14. The average Bonchev–Trinajstić information content (AvgIpc) is 2.76. The Kier molecular flexibility index (Phi) is 5.18. The van der Waals surface area contributed by atoms with Crippen LogP contribution in [0.15, 0.2) is 24.3 Å². The molecule has 1 N–H and O–H groups in total. The van der Waals surface area contributed by atoms with E-state index in [9.17, 15) is 0 Å². The molecule has 0 saturated carbocycles. The molecule has 110 valence electrons. The Morgan fingerprint density at radius 2 is 1.90 bits per heavy atom. The summed E-state index contributed by atoms with van der Waals surface area (Å²) in [7, 11) is 0. The minimum atomic E-state index is 0.433. The van der Waals surface area contributed by atoms with Crippen molar-refractivity contribution in [3.63, 3.8) is 0 Å². The normalized spacial score (nSPS) is 13.2. The molecule has 0 fully saturated rings. The second-order valence-corrected chi connectivity index (χ2v) is 6.04. The Labute approximate surface area is 122 Å². The molecule has 0 spiro atoms. The lowest BCUT2D eigenvalue weighted by molar-refractivity contribution is 0.460. The number of nitrogens with one attached hydrogen (secondary N) is 1. The van der Waals surface area contributed by atoms with Crippen molar-refractivity contribution in [3.8, 4) is 0 Å². The highest BCUT2D eigenvalue weighted by atomic mass is 15.1. The quantitative estimate of drug-likeness (QED) is 0.831. The van der Waals surface area contributed by atoms with Crippen LogP contribution in [0.1, 0.15) is 46.0 Å². The Bertz CT molecular complexity index is 542. The number of rotatable bonds is 7. The molecule has 1 heterocycles. The molecule has 0 aliphatic rings. The molecule has 2 aromatic rings. The molecule has 0 saturated heterocycles. The molecule has 2 rings (SSSR count). The predicted octanol–water partition coefficient (Wildman–Crippen LogP) is 3.80. The van der Waals surface area contributed by atoms with Crippen LogP contribution >= 0.6 is 0 Å². The Morgan fingerprint density at radius 1 is 1.15 bits per heavy atom. The van der Waals surface area contributed by atoms with E-state index in [-0.39, 0.29) is 0 Å². The molecule has 1 atom stereocenters. The number of nitrogens with zero attached hydrogens (tertiary/aromatic N) is 2. The predicted molar refractivity (Wildman–Crippen MR) is 86.1 cm³/mol. The third kappa shape index (κ3) is 3.40. The van der Waals surface area contributed by atoms with Crippen LogP contribution in [0.2, 0.25) is 0 Å². The summed E-state index contributed by atoms with van der Waals surface area (Å²) in [4.78, 5) is 4.80.